The van der Waals surface area contributed by atoms with Gasteiger partial charge >= 0.3 is 0 Å². The molecular weight excluding hydrogens is 272 g/mol. The van der Waals surface area contributed by atoms with E-state index in [9.17, 15) is 0 Å². The van der Waals surface area contributed by atoms with Gasteiger partial charge in [0.1, 0.15) is 5.82 Å². The molecule has 2 heterocycles. The highest BCUT2D eigenvalue weighted by atomic mass is 32.1. The topological polar surface area (TPSA) is 49.4 Å². The van der Waals surface area contributed by atoms with Crippen LogP contribution >= 0.6 is 12.2 Å². The molecule has 0 amide bonds. The van der Waals surface area contributed by atoms with Crippen LogP contribution in [0.15, 0.2) is 12.1 Å². The van der Waals surface area contributed by atoms with Crippen molar-refractivity contribution in [3.63, 3.8) is 0 Å². The SMILES string of the molecule is Cc1cc(C)nc(NC(=S)NCCN2CCOCC2)c1. The number of nitrogens with zero attached hydrogens (tertiary/aromatic N) is 2. The lowest BCUT2D eigenvalue weighted by atomic mass is 10.2. The predicted octanol–water partition coefficient (Wildman–Crippen LogP) is 1.32. The van der Waals surface area contributed by atoms with E-state index in [0.717, 1.165) is 50.9 Å². The number of aromatic nitrogens is 1. The molecule has 20 heavy (non-hydrogen) atoms. The minimum Gasteiger partial charge on any atom is -0.379 e. The Hall–Kier alpha value is -1.24. The standard InChI is InChI=1S/C14H22N4OS/c1-11-9-12(2)16-13(10-11)17-14(20)15-3-4-18-5-7-19-8-6-18/h9-10H,3-8H2,1-2H3,(H2,15,16,17,20). The van der Waals surface area contributed by atoms with Gasteiger partial charge in [-0.05, 0) is 43.8 Å². The minimum absolute atomic E-state index is 0.621. The quantitative estimate of drug-likeness (QED) is 0.817. The molecule has 2 rings (SSSR count). The number of hydrogen-bond acceptors (Lipinski definition) is 4. The number of rotatable bonds is 4. The van der Waals surface area contributed by atoms with Gasteiger partial charge < -0.3 is 15.4 Å². The maximum absolute atomic E-state index is 5.32. The second kappa shape index (κ2) is 7.52. The van der Waals surface area contributed by atoms with Crippen LogP contribution in [0.4, 0.5) is 5.82 Å². The average Bonchev–Trinajstić information content (AvgIpc) is 2.38. The van der Waals surface area contributed by atoms with Gasteiger partial charge in [-0.25, -0.2) is 4.98 Å². The number of aryl methyl sites for hydroxylation is 2. The number of anilines is 1. The van der Waals surface area contributed by atoms with Gasteiger partial charge in [-0.15, -0.1) is 0 Å². The Morgan fingerprint density at radius 1 is 1.35 bits per heavy atom. The van der Waals surface area contributed by atoms with Gasteiger partial charge in [0.2, 0.25) is 0 Å². The van der Waals surface area contributed by atoms with E-state index in [0.29, 0.717) is 5.11 Å². The Labute approximate surface area is 125 Å². The fraction of sp³-hybridized carbons (Fsp3) is 0.571. The molecule has 0 saturated carbocycles. The molecule has 110 valence electrons. The monoisotopic (exact) mass is 294 g/mol. The van der Waals surface area contributed by atoms with E-state index in [1.165, 1.54) is 5.56 Å². The molecular formula is C14H22N4OS. The zero-order chi connectivity index (χ0) is 14.4. The van der Waals surface area contributed by atoms with E-state index in [-0.39, 0.29) is 0 Å². The number of thiocarbonyl (C=S) groups is 1. The Morgan fingerprint density at radius 3 is 2.80 bits per heavy atom. The highest BCUT2D eigenvalue weighted by Crippen LogP contribution is 2.08. The summed E-state index contributed by atoms with van der Waals surface area (Å²) in [6.45, 7) is 9.50. The normalized spacial score (nSPS) is 15.9. The Balaban J connectivity index is 1.72. The summed E-state index contributed by atoms with van der Waals surface area (Å²) in [5.74, 6) is 0.798. The first-order valence-electron chi connectivity index (χ1n) is 6.94. The largest absolute Gasteiger partial charge is 0.379 e. The Morgan fingerprint density at radius 2 is 2.10 bits per heavy atom. The molecule has 0 unspecified atom stereocenters. The van der Waals surface area contributed by atoms with Crippen LogP contribution in [0.1, 0.15) is 11.3 Å². The van der Waals surface area contributed by atoms with Gasteiger partial charge in [0.25, 0.3) is 0 Å². The summed E-state index contributed by atoms with van der Waals surface area (Å²) >= 11 is 5.28. The highest BCUT2D eigenvalue weighted by Gasteiger charge is 2.09. The van der Waals surface area contributed by atoms with Crippen molar-refractivity contribution < 1.29 is 4.74 Å². The minimum atomic E-state index is 0.621. The third-order valence-electron chi connectivity index (χ3n) is 3.16. The number of hydrogen-bond donors (Lipinski definition) is 2. The number of nitrogens with one attached hydrogen (secondary N) is 2. The molecule has 5 nitrogen and oxygen atoms in total. The molecule has 0 bridgehead atoms. The van der Waals surface area contributed by atoms with E-state index in [1.807, 2.05) is 19.1 Å². The summed E-state index contributed by atoms with van der Waals surface area (Å²) in [4.78, 5) is 6.78. The van der Waals surface area contributed by atoms with Gasteiger partial charge in [0, 0.05) is 31.9 Å². The zero-order valence-corrected chi connectivity index (χ0v) is 12.9. The summed E-state index contributed by atoms with van der Waals surface area (Å²) in [5, 5.41) is 6.96. The second-order valence-corrected chi connectivity index (χ2v) is 5.41. The van der Waals surface area contributed by atoms with Crippen LogP contribution in [-0.2, 0) is 4.74 Å². The lowest BCUT2D eigenvalue weighted by Gasteiger charge is -2.26. The summed E-state index contributed by atoms with van der Waals surface area (Å²) in [7, 11) is 0. The first kappa shape index (κ1) is 15.2. The molecule has 2 N–H and O–H groups in total. The van der Waals surface area contributed by atoms with Crippen molar-refractivity contribution in [3.8, 4) is 0 Å². The van der Waals surface area contributed by atoms with Crippen molar-refractivity contribution in [1.29, 1.82) is 0 Å². The van der Waals surface area contributed by atoms with Crippen LogP contribution in [0.25, 0.3) is 0 Å². The molecule has 0 aliphatic carbocycles. The third kappa shape index (κ3) is 5.03. The molecule has 1 aromatic rings. The van der Waals surface area contributed by atoms with E-state index in [1.54, 1.807) is 0 Å². The zero-order valence-electron chi connectivity index (χ0n) is 12.1. The van der Waals surface area contributed by atoms with Crippen LogP contribution < -0.4 is 10.6 Å². The van der Waals surface area contributed by atoms with Crippen LogP contribution in [0.2, 0.25) is 0 Å². The second-order valence-electron chi connectivity index (χ2n) is 5.01. The lowest BCUT2D eigenvalue weighted by molar-refractivity contribution is 0.0389. The number of pyridine rings is 1. The number of ether oxygens (including phenoxy) is 1. The predicted molar refractivity (Wildman–Crippen MR) is 85.2 cm³/mol. The summed E-state index contributed by atoms with van der Waals surface area (Å²) in [6.07, 6.45) is 0. The molecule has 1 saturated heterocycles. The van der Waals surface area contributed by atoms with Gasteiger partial charge in [-0.2, -0.15) is 0 Å². The first-order chi connectivity index (χ1) is 9.63. The molecule has 6 heteroatoms. The Kier molecular flexibility index (Phi) is 5.70. The van der Waals surface area contributed by atoms with Crippen LogP contribution in [0, 0.1) is 13.8 Å². The summed E-state index contributed by atoms with van der Waals surface area (Å²) < 4.78 is 5.32. The Bertz CT molecular complexity index is 440. The fourth-order valence-electron chi connectivity index (χ4n) is 2.22. The van der Waals surface area contributed by atoms with Gasteiger partial charge in [-0.3, -0.25) is 4.90 Å². The maximum Gasteiger partial charge on any atom is 0.171 e. The lowest BCUT2D eigenvalue weighted by Crippen LogP contribution is -2.42. The molecule has 1 aromatic heterocycles. The average molecular weight is 294 g/mol. The summed E-state index contributed by atoms with van der Waals surface area (Å²) in [6, 6.07) is 4.03. The van der Waals surface area contributed by atoms with E-state index >= 15 is 0 Å². The molecule has 0 radical (unpaired) electrons. The number of morpholine rings is 1. The van der Waals surface area contributed by atoms with Gasteiger partial charge in [0.05, 0.1) is 13.2 Å². The van der Waals surface area contributed by atoms with Crippen molar-refractivity contribution >= 4 is 23.1 Å². The fourth-order valence-corrected chi connectivity index (χ4v) is 2.42. The molecule has 1 fully saturated rings. The van der Waals surface area contributed by atoms with Crippen LogP contribution in [0.5, 0.6) is 0 Å². The van der Waals surface area contributed by atoms with E-state index < -0.39 is 0 Å². The van der Waals surface area contributed by atoms with Crippen molar-refractivity contribution in [2.24, 2.45) is 0 Å². The molecule has 0 atom stereocenters. The summed E-state index contributed by atoms with van der Waals surface area (Å²) in [5.41, 5.74) is 2.17. The molecule has 0 aromatic carbocycles. The van der Waals surface area contributed by atoms with Crippen molar-refractivity contribution in [1.82, 2.24) is 15.2 Å². The molecule has 1 aliphatic heterocycles. The molecule has 1 aliphatic rings. The van der Waals surface area contributed by atoms with Gasteiger partial charge in [-0.1, -0.05) is 0 Å². The van der Waals surface area contributed by atoms with Crippen LogP contribution in [0.3, 0.4) is 0 Å². The van der Waals surface area contributed by atoms with Crippen molar-refractivity contribution in [2.45, 2.75) is 13.8 Å². The highest BCUT2D eigenvalue weighted by molar-refractivity contribution is 7.80. The smallest absolute Gasteiger partial charge is 0.171 e. The maximum atomic E-state index is 5.32. The van der Waals surface area contributed by atoms with E-state index in [4.69, 9.17) is 17.0 Å². The van der Waals surface area contributed by atoms with Crippen molar-refractivity contribution in [3.05, 3.63) is 23.4 Å². The molecule has 0 spiro atoms. The van der Waals surface area contributed by atoms with E-state index in [2.05, 4.69) is 27.4 Å². The third-order valence-corrected chi connectivity index (χ3v) is 3.40. The van der Waals surface area contributed by atoms with Crippen molar-refractivity contribution in [2.75, 3.05) is 44.7 Å². The van der Waals surface area contributed by atoms with Gasteiger partial charge in [0.15, 0.2) is 5.11 Å². The first-order valence-corrected chi connectivity index (χ1v) is 7.34. The van der Waals surface area contributed by atoms with Crippen LogP contribution in [-0.4, -0.2) is 54.4 Å².